The number of aryl methyl sites for hydroxylation is 2. The van der Waals surface area contributed by atoms with Gasteiger partial charge in [0.05, 0.1) is 21.7 Å². The maximum atomic E-state index is 11.2. The number of carboxylic acids is 1. The van der Waals surface area contributed by atoms with Crippen LogP contribution in [0.15, 0.2) is 18.3 Å². The highest BCUT2D eigenvalue weighted by Crippen LogP contribution is 2.35. The van der Waals surface area contributed by atoms with Gasteiger partial charge >= 0.3 is 5.97 Å². The Morgan fingerprint density at radius 3 is 2.63 bits per heavy atom. The van der Waals surface area contributed by atoms with Crippen LogP contribution in [0.4, 0.5) is 5.69 Å². The molecule has 1 N–H and O–H groups in total. The standard InChI is InChI=1S/C13H14N2O4/c1-7-4-10-12(11(5-7)15(18)19)9(6-14(10)3)8(2)13(16)17/h4-6,8H,1-3H3,(H,16,17). The Kier molecular flexibility index (Phi) is 3.01. The van der Waals surface area contributed by atoms with Gasteiger partial charge in [-0.05, 0) is 31.0 Å². The van der Waals surface area contributed by atoms with Gasteiger partial charge in [0, 0.05) is 19.3 Å². The van der Waals surface area contributed by atoms with E-state index in [0.717, 1.165) is 5.56 Å². The van der Waals surface area contributed by atoms with Crippen LogP contribution in [0.3, 0.4) is 0 Å². The zero-order chi connectivity index (χ0) is 14.3. The molecule has 0 bridgehead atoms. The van der Waals surface area contributed by atoms with Gasteiger partial charge < -0.3 is 9.67 Å². The van der Waals surface area contributed by atoms with Crippen LogP contribution in [0.1, 0.15) is 24.0 Å². The molecule has 0 aliphatic rings. The summed E-state index contributed by atoms with van der Waals surface area (Å²) in [7, 11) is 1.75. The van der Waals surface area contributed by atoms with Gasteiger partial charge in [-0.25, -0.2) is 0 Å². The van der Waals surface area contributed by atoms with Crippen molar-refractivity contribution < 1.29 is 14.8 Å². The summed E-state index contributed by atoms with van der Waals surface area (Å²) in [6, 6.07) is 3.29. The van der Waals surface area contributed by atoms with E-state index < -0.39 is 16.8 Å². The van der Waals surface area contributed by atoms with Crippen LogP contribution >= 0.6 is 0 Å². The topological polar surface area (TPSA) is 85.4 Å². The van der Waals surface area contributed by atoms with E-state index in [-0.39, 0.29) is 5.69 Å². The Hall–Kier alpha value is -2.37. The Balaban J connectivity index is 2.87. The highest BCUT2D eigenvalue weighted by molar-refractivity contribution is 5.96. The maximum Gasteiger partial charge on any atom is 0.310 e. The molecule has 1 aromatic heterocycles. The van der Waals surface area contributed by atoms with E-state index in [1.165, 1.54) is 13.0 Å². The third-order valence-electron chi connectivity index (χ3n) is 3.28. The molecule has 0 spiro atoms. The number of aliphatic carboxylic acids is 1. The number of benzene rings is 1. The lowest BCUT2D eigenvalue weighted by atomic mass is 9.99. The first-order chi connectivity index (χ1) is 8.82. The Labute approximate surface area is 109 Å². The molecule has 0 aliphatic heterocycles. The Morgan fingerprint density at radius 2 is 2.11 bits per heavy atom. The number of carboxylic acid groups (broad SMARTS) is 1. The van der Waals surface area contributed by atoms with Crippen molar-refractivity contribution >= 4 is 22.6 Å². The van der Waals surface area contributed by atoms with Crippen molar-refractivity contribution in [3.05, 3.63) is 39.6 Å². The van der Waals surface area contributed by atoms with E-state index in [9.17, 15) is 14.9 Å². The molecule has 0 radical (unpaired) electrons. The Morgan fingerprint density at radius 1 is 1.47 bits per heavy atom. The van der Waals surface area contributed by atoms with Gasteiger partial charge in [-0.1, -0.05) is 0 Å². The van der Waals surface area contributed by atoms with Crippen LogP contribution in [0.5, 0.6) is 0 Å². The molecule has 2 aromatic rings. The fourth-order valence-corrected chi connectivity index (χ4v) is 2.27. The molecule has 0 fully saturated rings. The van der Waals surface area contributed by atoms with Crippen molar-refractivity contribution in [1.29, 1.82) is 0 Å². The van der Waals surface area contributed by atoms with Gasteiger partial charge in [0.25, 0.3) is 5.69 Å². The van der Waals surface area contributed by atoms with Crippen molar-refractivity contribution in [3.63, 3.8) is 0 Å². The second-order valence-electron chi connectivity index (χ2n) is 4.69. The molecule has 2 rings (SSSR count). The second-order valence-corrected chi connectivity index (χ2v) is 4.69. The third kappa shape index (κ3) is 2.05. The van der Waals surface area contributed by atoms with Crippen LogP contribution in [0.25, 0.3) is 10.9 Å². The molecule has 1 aromatic carbocycles. The summed E-state index contributed by atoms with van der Waals surface area (Å²) >= 11 is 0. The minimum absolute atomic E-state index is 0.0429. The lowest BCUT2D eigenvalue weighted by Gasteiger charge is -2.05. The number of hydrogen-bond acceptors (Lipinski definition) is 3. The van der Waals surface area contributed by atoms with E-state index in [1.807, 2.05) is 6.07 Å². The third-order valence-corrected chi connectivity index (χ3v) is 3.28. The summed E-state index contributed by atoms with van der Waals surface area (Å²) < 4.78 is 1.73. The van der Waals surface area contributed by atoms with Crippen LogP contribution in [-0.4, -0.2) is 20.6 Å². The summed E-state index contributed by atoms with van der Waals surface area (Å²) in [5.74, 6) is -1.78. The van der Waals surface area contributed by atoms with Crippen molar-refractivity contribution in [2.45, 2.75) is 19.8 Å². The highest BCUT2D eigenvalue weighted by Gasteiger charge is 2.25. The summed E-state index contributed by atoms with van der Waals surface area (Å²) in [4.78, 5) is 21.8. The van der Waals surface area contributed by atoms with Crippen LogP contribution in [-0.2, 0) is 11.8 Å². The largest absolute Gasteiger partial charge is 0.481 e. The number of hydrogen-bond donors (Lipinski definition) is 1. The number of carbonyl (C=O) groups is 1. The summed E-state index contributed by atoms with van der Waals surface area (Å²) in [5, 5.41) is 20.7. The van der Waals surface area contributed by atoms with E-state index >= 15 is 0 Å². The lowest BCUT2D eigenvalue weighted by Crippen LogP contribution is -2.07. The van der Waals surface area contributed by atoms with Gasteiger partial charge in [-0.2, -0.15) is 0 Å². The normalized spacial score (nSPS) is 12.6. The fourth-order valence-electron chi connectivity index (χ4n) is 2.27. The minimum atomic E-state index is -0.998. The molecule has 0 saturated heterocycles. The van der Waals surface area contributed by atoms with E-state index in [0.29, 0.717) is 16.5 Å². The quantitative estimate of drug-likeness (QED) is 0.680. The van der Waals surface area contributed by atoms with Crippen molar-refractivity contribution in [2.24, 2.45) is 7.05 Å². The maximum absolute atomic E-state index is 11.2. The zero-order valence-electron chi connectivity index (χ0n) is 10.9. The predicted molar refractivity (Wildman–Crippen MR) is 70.4 cm³/mol. The molecule has 0 saturated carbocycles. The molecule has 19 heavy (non-hydrogen) atoms. The number of nitrogens with zero attached hydrogens (tertiary/aromatic N) is 2. The summed E-state index contributed by atoms with van der Waals surface area (Å²) in [5.41, 5.74) is 1.88. The first kappa shape index (κ1) is 13.1. The van der Waals surface area contributed by atoms with E-state index in [2.05, 4.69) is 0 Å². The fraction of sp³-hybridized carbons (Fsp3) is 0.308. The molecule has 1 unspecified atom stereocenters. The molecule has 0 amide bonds. The Bertz CT molecular complexity index is 687. The predicted octanol–water partition coefficient (Wildman–Crippen LogP) is 2.58. The smallest absolute Gasteiger partial charge is 0.310 e. The van der Waals surface area contributed by atoms with Crippen molar-refractivity contribution in [2.75, 3.05) is 0 Å². The van der Waals surface area contributed by atoms with Gasteiger partial charge in [0.2, 0.25) is 0 Å². The lowest BCUT2D eigenvalue weighted by molar-refractivity contribution is -0.383. The van der Waals surface area contributed by atoms with Crippen LogP contribution in [0.2, 0.25) is 0 Å². The molecule has 0 aliphatic carbocycles. The summed E-state index contributed by atoms with van der Waals surface area (Å²) in [6.45, 7) is 3.31. The van der Waals surface area contributed by atoms with Gasteiger partial charge in [-0.3, -0.25) is 14.9 Å². The molecular weight excluding hydrogens is 248 g/mol. The SMILES string of the molecule is Cc1cc([N+](=O)[O-])c2c(C(C)C(=O)O)cn(C)c2c1. The number of nitro groups is 1. The molecule has 6 nitrogen and oxygen atoms in total. The average molecular weight is 262 g/mol. The number of rotatable bonds is 3. The van der Waals surface area contributed by atoms with Gasteiger partial charge in [-0.15, -0.1) is 0 Å². The number of fused-ring (bicyclic) bond motifs is 1. The van der Waals surface area contributed by atoms with E-state index in [1.54, 1.807) is 24.7 Å². The van der Waals surface area contributed by atoms with Gasteiger partial charge in [0.15, 0.2) is 0 Å². The zero-order valence-corrected chi connectivity index (χ0v) is 10.9. The number of nitro benzene ring substituents is 1. The van der Waals surface area contributed by atoms with Crippen LogP contribution in [0, 0.1) is 17.0 Å². The second kappa shape index (κ2) is 4.38. The molecule has 100 valence electrons. The van der Waals surface area contributed by atoms with Crippen LogP contribution < -0.4 is 0 Å². The molecular formula is C13H14N2O4. The first-order valence-electron chi connectivity index (χ1n) is 5.79. The van der Waals surface area contributed by atoms with Crippen molar-refractivity contribution in [1.82, 2.24) is 4.57 Å². The molecule has 1 atom stereocenters. The summed E-state index contributed by atoms with van der Waals surface area (Å²) in [6.07, 6.45) is 1.65. The number of non-ortho nitro benzene ring substituents is 1. The first-order valence-corrected chi connectivity index (χ1v) is 5.79. The molecule has 6 heteroatoms. The van der Waals surface area contributed by atoms with E-state index in [4.69, 9.17) is 5.11 Å². The number of aromatic nitrogens is 1. The minimum Gasteiger partial charge on any atom is -0.481 e. The molecule has 1 heterocycles. The highest BCUT2D eigenvalue weighted by atomic mass is 16.6. The average Bonchev–Trinajstić information content (AvgIpc) is 2.64. The van der Waals surface area contributed by atoms with Crippen molar-refractivity contribution in [3.8, 4) is 0 Å². The monoisotopic (exact) mass is 262 g/mol. The van der Waals surface area contributed by atoms with Gasteiger partial charge in [0.1, 0.15) is 0 Å².